The monoisotopic (exact) mass is 391 g/mol. The van der Waals surface area contributed by atoms with E-state index in [0.717, 1.165) is 12.7 Å². The fourth-order valence-electron chi connectivity index (χ4n) is 2.45. The van der Waals surface area contributed by atoms with Crippen LogP contribution in [0.2, 0.25) is 0 Å². The Kier molecular flexibility index (Phi) is 6.90. The largest absolute Gasteiger partial charge is 0.480 e. The molecule has 0 fully saturated rings. The van der Waals surface area contributed by atoms with E-state index in [-0.39, 0.29) is 18.8 Å². The Labute approximate surface area is 160 Å². The van der Waals surface area contributed by atoms with Gasteiger partial charge < -0.3 is 31.0 Å². The molecule has 1 aliphatic heterocycles. The van der Waals surface area contributed by atoms with Crippen molar-refractivity contribution >= 4 is 29.5 Å². The van der Waals surface area contributed by atoms with E-state index < -0.39 is 30.1 Å². The van der Waals surface area contributed by atoms with Crippen molar-refractivity contribution < 1.29 is 29.1 Å². The number of oxime groups is 1. The summed E-state index contributed by atoms with van der Waals surface area (Å²) in [5, 5.41) is 24.9. The van der Waals surface area contributed by atoms with Crippen LogP contribution in [0.1, 0.15) is 24.0 Å². The van der Waals surface area contributed by atoms with Gasteiger partial charge in [-0.05, 0) is 5.56 Å². The number of nitrogen functional groups attached to an aromatic ring is 1. The van der Waals surface area contributed by atoms with E-state index in [1.54, 1.807) is 24.3 Å². The number of nitrogens with one attached hydrogen (secondary N) is 3. The van der Waals surface area contributed by atoms with Crippen LogP contribution < -0.4 is 16.4 Å². The van der Waals surface area contributed by atoms with Crippen LogP contribution >= 0.6 is 0 Å². The summed E-state index contributed by atoms with van der Waals surface area (Å²) in [5.74, 6) is -1.78. The SMILES string of the molecule is COC(=O)N[C@@H](CNC(=O)CC1CC(c2ccc(C(=N)N)cc2)=NO1)C(=O)O. The third-order valence-corrected chi connectivity index (χ3v) is 3.95. The number of rotatable bonds is 8. The molecule has 0 saturated carbocycles. The first-order valence-corrected chi connectivity index (χ1v) is 8.31. The number of benzene rings is 1. The molecule has 150 valence electrons. The Morgan fingerprint density at radius 3 is 2.64 bits per heavy atom. The molecule has 2 amide bonds. The number of hydrogen-bond acceptors (Lipinski definition) is 7. The van der Waals surface area contributed by atoms with Crippen molar-refractivity contribution in [1.29, 1.82) is 5.41 Å². The van der Waals surface area contributed by atoms with Gasteiger partial charge in [0.25, 0.3) is 0 Å². The maximum atomic E-state index is 12.0. The first kappa shape index (κ1) is 20.7. The molecular formula is C17H21N5O6. The molecule has 2 rings (SSSR count). The number of carboxylic acid groups (broad SMARTS) is 1. The van der Waals surface area contributed by atoms with E-state index in [9.17, 15) is 14.4 Å². The van der Waals surface area contributed by atoms with Gasteiger partial charge in [-0.1, -0.05) is 29.4 Å². The Hall–Kier alpha value is -3.63. The maximum Gasteiger partial charge on any atom is 0.407 e. The molecule has 1 aromatic rings. The lowest BCUT2D eigenvalue weighted by Crippen LogP contribution is -2.48. The molecule has 0 aliphatic carbocycles. The minimum absolute atomic E-state index is 0.0247. The van der Waals surface area contributed by atoms with Crippen molar-refractivity contribution in [3.63, 3.8) is 0 Å². The van der Waals surface area contributed by atoms with Gasteiger partial charge in [0.1, 0.15) is 18.0 Å². The van der Waals surface area contributed by atoms with Gasteiger partial charge >= 0.3 is 12.1 Å². The summed E-state index contributed by atoms with van der Waals surface area (Å²) < 4.78 is 4.34. The number of amides is 2. The topological polar surface area (TPSA) is 176 Å². The Morgan fingerprint density at radius 1 is 1.39 bits per heavy atom. The minimum Gasteiger partial charge on any atom is -0.480 e. The molecule has 11 nitrogen and oxygen atoms in total. The lowest BCUT2D eigenvalue weighted by molar-refractivity contribution is -0.139. The van der Waals surface area contributed by atoms with E-state index in [2.05, 4.69) is 20.5 Å². The lowest BCUT2D eigenvalue weighted by Gasteiger charge is -2.15. The third-order valence-electron chi connectivity index (χ3n) is 3.95. The molecule has 1 aliphatic rings. The van der Waals surface area contributed by atoms with Crippen molar-refractivity contribution in [3.8, 4) is 0 Å². The molecule has 1 heterocycles. The predicted octanol–water partition coefficient (Wildman–Crippen LogP) is -0.221. The highest BCUT2D eigenvalue weighted by atomic mass is 16.6. The number of alkyl carbamates (subject to hydrolysis) is 1. The number of methoxy groups -OCH3 is 1. The Morgan fingerprint density at radius 2 is 2.07 bits per heavy atom. The smallest absolute Gasteiger partial charge is 0.407 e. The lowest BCUT2D eigenvalue weighted by atomic mass is 10.0. The number of carbonyl (C=O) groups excluding carboxylic acids is 2. The van der Waals surface area contributed by atoms with Gasteiger partial charge in [-0.3, -0.25) is 10.2 Å². The Balaban J connectivity index is 1.81. The molecule has 11 heteroatoms. The van der Waals surface area contributed by atoms with E-state index in [4.69, 9.17) is 21.1 Å². The molecule has 0 spiro atoms. The number of carboxylic acids is 1. The minimum atomic E-state index is -1.31. The normalized spacial score (nSPS) is 16.3. The van der Waals surface area contributed by atoms with E-state index >= 15 is 0 Å². The number of nitrogens with two attached hydrogens (primary N) is 1. The first-order chi connectivity index (χ1) is 13.3. The van der Waals surface area contributed by atoms with Gasteiger partial charge in [0, 0.05) is 18.5 Å². The second-order valence-corrected chi connectivity index (χ2v) is 6.00. The quantitative estimate of drug-likeness (QED) is 0.300. The molecular weight excluding hydrogens is 370 g/mol. The fraction of sp³-hybridized carbons (Fsp3) is 0.353. The van der Waals surface area contributed by atoms with Crippen molar-refractivity contribution in [3.05, 3.63) is 35.4 Å². The van der Waals surface area contributed by atoms with Crippen LogP contribution in [0.5, 0.6) is 0 Å². The van der Waals surface area contributed by atoms with Crippen molar-refractivity contribution in [2.24, 2.45) is 10.9 Å². The summed E-state index contributed by atoms with van der Waals surface area (Å²) in [5.41, 5.74) is 7.45. The second-order valence-electron chi connectivity index (χ2n) is 6.00. The van der Waals surface area contributed by atoms with Gasteiger partial charge in [-0.25, -0.2) is 9.59 Å². The first-order valence-electron chi connectivity index (χ1n) is 8.31. The van der Waals surface area contributed by atoms with Gasteiger partial charge in [-0.2, -0.15) is 0 Å². The summed E-state index contributed by atoms with van der Waals surface area (Å²) in [6.07, 6.45) is -1.02. The zero-order valence-electron chi connectivity index (χ0n) is 15.1. The third kappa shape index (κ3) is 5.69. The fourth-order valence-corrected chi connectivity index (χ4v) is 2.45. The predicted molar refractivity (Wildman–Crippen MR) is 98.1 cm³/mol. The van der Waals surface area contributed by atoms with E-state index in [0.29, 0.717) is 17.7 Å². The zero-order valence-corrected chi connectivity index (χ0v) is 15.1. The molecule has 0 radical (unpaired) electrons. The van der Waals surface area contributed by atoms with Crippen LogP contribution in [0, 0.1) is 5.41 Å². The highest BCUT2D eigenvalue weighted by molar-refractivity contribution is 6.02. The summed E-state index contributed by atoms with van der Waals surface area (Å²) in [4.78, 5) is 39.5. The highest BCUT2D eigenvalue weighted by Gasteiger charge is 2.26. The molecule has 28 heavy (non-hydrogen) atoms. The molecule has 2 atom stereocenters. The van der Waals surface area contributed by atoms with Gasteiger partial charge in [0.05, 0.1) is 19.2 Å². The molecule has 6 N–H and O–H groups in total. The van der Waals surface area contributed by atoms with Crippen molar-refractivity contribution in [2.45, 2.75) is 25.0 Å². The van der Waals surface area contributed by atoms with Crippen LogP contribution in [0.4, 0.5) is 4.79 Å². The number of amidine groups is 1. The summed E-state index contributed by atoms with van der Waals surface area (Å²) in [7, 11) is 1.11. The number of aliphatic carboxylic acids is 1. The number of nitrogens with zero attached hydrogens (tertiary/aromatic N) is 1. The average Bonchev–Trinajstić information content (AvgIpc) is 3.13. The van der Waals surface area contributed by atoms with Crippen molar-refractivity contribution in [1.82, 2.24) is 10.6 Å². The number of carbonyl (C=O) groups is 3. The molecule has 0 aromatic heterocycles. The van der Waals surface area contributed by atoms with E-state index in [1.807, 2.05) is 0 Å². The van der Waals surface area contributed by atoms with Gasteiger partial charge in [-0.15, -0.1) is 0 Å². The van der Waals surface area contributed by atoms with Gasteiger partial charge in [0.15, 0.2) is 0 Å². The summed E-state index contributed by atoms with van der Waals surface area (Å²) >= 11 is 0. The molecule has 1 unspecified atom stereocenters. The molecule has 0 saturated heterocycles. The maximum absolute atomic E-state index is 12.0. The zero-order chi connectivity index (χ0) is 20.7. The van der Waals surface area contributed by atoms with Crippen molar-refractivity contribution in [2.75, 3.05) is 13.7 Å². The highest BCUT2D eigenvalue weighted by Crippen LogP contribution is 2.19. The van der Waals surface area contributed by atoms with E-state index in [1.165, 1.54) is 0 Å². The van der Waals surface area contributed by atoms with Crippen LogP contribution in [-0.2, 0) is 19.2 Å². The molecule has 1 aromatic carbocycles. The molecule has 0 bridgehead atoms. The Bertz CT molecular complexity index is 792. The summed E-state index contributed by atoms with van der Waals surface area (Å²) in [6, 6.07) is 5.60. The second kappa shape index (κ2) is 9.35. The van der Waals surface area contributed by atoms with Gasteiger partial charge in [0.2, 0.25) is 5.91 Å². The average molecular weight is 391 g/mol. The number of hydrogen-bond donors (Lipinski definition) is 5. The van der Waals surface area contributed by atoms with Crippen LogP contribution in [0.3, 0.4) is 0 Å². The van der Waals surface area contributed by atoms with Crippen LogP contribution in [-0.4, -0.2) is 60.4 Å². The van der Waals surface area contributed by atoms with Crippen LogP contribution in [0.25, 0.3) is 0 Å². The standard InChI is InChI=1S/C17H21N5O6/c1-27-17(26)21-13(16(24)25)8-20-14(23)7-11-6-12(22-28-11)9-2-4-10(5-3-9)15(18)19/h2-5,11,13H,6-8H2,1H3,(H3,18,19)(H,20,23)(H,21,26)(H,24,25)/t11?,13-/m0/s1. The van der Waals surface area contributed by atoms with Crippen LogP contribution in [0.15, 0.2) is 29.4 Å². The summed E-state index contributed by atoms with van der Waals surface area (Å²) in [6.45, 7) is -0.295. The number of ether oxygens (including phenoxy) is 1.